The molecule has 2 N–H and O–H groups in total. The summed E-state index contributed by atoms with van der Waals surface area (Å²) in [7, 11) is 0. The van der Waals surface area contributed by atoms with Gasteiger partial charge in [0, 0.05) is 35.8 Å². The summed E-state index contributed by atoms with van der Waals surface area (Å²) in [5.74, 6) is -1.97. The number of carbonyl (C=O) groups excluding carboxylic acids is 2. The molecule has 0 aliphatic heterocycles. The van der Waals surface area contributed by atoms with Crippen LogP contribution in [0.15, 0.2) is 65.8 Å². The van der Waals surface area contributed by atoms with Crippen LogP contribution in [0.25, 0.3) is 22.2 Å². The minimum atomic E-state index is -0.803. The van der Waals surface area contributed by atoms with Crippen molar-refractivity contribution in [1.29, 1.82) is 0 Å². The molecule has 6 rings (SSSR count). The molecule has 39 heavy (non-hydrogen) atoms. The van der Waals surface area contributed by atoms with E-state index in [4.69, 9.17) is 0 Å². The van der Waals surface area contributed by atoms with Gasteiger partial charge in [0.1, 0.15) is 22.8 Å². The molecule has 3 heterocycles. The summed E-state index contributed by atoms with van der Waals surface area (Å²) in [6.45, 7) is 3.61. The number of aromatic nitrogens is 3. The smallest absolute Gasteiger partial charge is 0.269 e. The Morgan fingerprint density at radius 1 is 1.10 bits per heavy atom. The van der Waals surface area contributed by atoms with Crippen LogP contribution < -0.4 is 10.9 Å². The maximum absolute atomic E-state index is 13.5. The maximum atomic E-state index is 13.5. The Labute approximate surface area is 224 Å². The van der Waals surface area contributed by atoms with Crippen molar-refractivity contribution in [2.45, 2.75) is 52.1 Å². The number of Topliss-reactive ketones (excluding diaryl/α,β-unsaturated/α-hetero) is 1. The van der Waals surface area contributed by atoms with Crippen LogP contribution in [0.2, 0.25) is 0 Å². The van der Waals surface area contributed by atoms with Gasteiger partial charge in [0.15, 0.2) is 5.78 Å². The Kier molecular flexibility index (Phi) is 6.99. The summed E-state index contributed by atoms with van der Waals surface area (Å²) in [5, 5.41) is 14.1. The lowest BCUT2D eigenvalue weighted by Gasteiger charge is -2.36. The number of benzene rings is 1. The zero-order valence-electron chi connectivity index (χ0n) is 21.8. The second kappa shape index (κ2) is 10.4. The van der Waals surface area contributed by atoms with Gasteiger partial charge in [0.2, 0.25) is 0 Å². The fourth-order valence-electron chi connectivity index (χ4n) is 5.16. The predicted molar refractivity (Wildman–Crippen MR) is 145 cm³/mol. The van der Waals surface area contributed by atoms with Gasteiger partial charge >= 0.3 is 0 Å². The highest BCUT2D eigenvalue weighted by Crippen LogP contribution is 2.60. The number of pyridine rings is 3. The molecule has 0 saturated heterocycles. The van der Waals surface area contributed by atoms with Gasteiger partial charge in [0.05, 0.1) is 11.9 Å². The SMILES string of the molecule is CC.O=C(Cn1c(=O)c(C(=O)NC2CC3(CC3)C2)c(O)c2cc(-c3ccc(F)cc3)cnc21)c1cccnc1. The molecule has 2 fully saturated rings. The van der Waals surface area contributed by atoms with Gasteiger partial charge in [-0.05, 0) is 67.0 Å². The zero-order chi connectivity index (χ0) is 27.7. The number of aromatic hydroxyl groups is 1. The molecule has 2 saturated carbocycles. The number of nitrogens with one attached hydrogen (secondary N) is 1. The van der Waals surface area contributed by atoms with E-state index in [1.54, 1.807) is 30.3 Å². The lowest BCUT2D eigenvalue weighted by molar-refractivity contribution is 0.0870. The first-order valence-electron chi connectivity index (χ1n) is 13.1. The second-order valence-electron chi connectivity index (χ2n) is 9.96. The van der Waals surface area contributed by atoms with E-state index < -0.39 is 40.9 Å². The zero-order valence-corrected chi connectivity index (χ0v) is 21.8. The Morgan fingerprint density at radius 2 is 1.82 bits per heavy atom. The van der Waals surface area contributed by atoms with E-state index in [0.29, 0.717) is 22.1 Å². The number of hydrogen-bond acceptors (Lipinski definition) is 6. The minimum absolute atomic E-state index is 0.0568. The first-order chi connectivity index (χ1) is 18.8. The Hall–Kier alpha value is -4.40. The highest BCUT2D eigenvalue weighted by Gasteiger charge is 2.53. The van der Waals surface area contributed by atoms with Gasteiger partial charge in [-0.25, -0.2) is 9.37 Å². The highest BCUT2D eigenvalue weighted by atomic mass is 19.1. The third kappa shape index (κ3) is 5.04. The third-order valence-electron chi connectivity index (χ3n) is 7.41. The maximum Gasteiger partial charge on any atom is 0.269 e. The van der Waals surface area contributed by atoms with Crippen molar-refractivity contribution in [3.8, 4) is 16.9 Å². The quantitative estimate of drug-likeness (QED) is 0.345. The number of halogens is 1. The summed E-state index contributed by atoms with van der Waals surface area (Å²) in [4.78, 5) is 48.1. The molecule has 0 bridgehead atoms. The second-order valence-corrected chi connectivity index (χ2v) is 9.96. The summed E-state index contributed by atoms with van der Waals surface area (Å²) >= 11 is 0. The number of ketones is 1. The highest BCUT2D eigenvalue weighted by molar-refractivity contribution is 6.03. The van der Waals surface area contributed by atoms with Crippen molar-refractivity contribution in [2.24, 2.45) is 5.41 Å². The van der Waals surface area contributed by atoms with Crippen LogP contribution in [0, 0.1) is 11.2 Å². The molecule has 1 aromatic carbocycles. The summed E-state index contributed by atoms with van der Waals surface area (Å²) in [5.41, 5.74) is 0.649. The van der Waals surface area contributed by atoms with E-state index in [-0.39, 0.29) is 17.1 Å². The minimum Gasteiger partial charge on any atom is -0.506 e. The average Bonchev–Trinajstić information content (AvgIpc) is 3.74. The molecule has 1 spiro atoms. The predicted octanol–water partition coefficient (Wildman–Crippen LogP) is 4.88. The van der Waals surface area contributed by atoms with Crippen molar-refractivity contribution in [2.75, 3.05) is 0 Å². The average molecular weight is 529 g/mol. The molecule has 4 aromatic rings. The largest absolute Gasteiger partial charge is 0.506 e. The van der Waals surface area contributed by atoms with Crippen LogP contribution in [-0.4, -0.2) is 37.4 Å². The van der Waals surface area contributed by atoms with Crippen molar-refractivity contribution in [1.82, 2.24) is 19.9 Å². The van der Waals surface area contributed by atoms with Gasteiger partial charge in [-0.2, -0.15) is 0 Å². The molecule has 9 heteroatoms. The molecule has 3 aromatic heterocycles. The molecular weight excluding hydrogens is 499 g/mol. The lowest BCUT2D eigenvalue weighted by Crippen LogP contribution is -2.47. The summed E-state index contributed by atoms with van der Waals surface area (Å²) in [6, 6.07) is 10.5. The molecule has 0 radical (unpaired) electrons. The molecule has 0 unspecified atom stereocenters. The van der Waals surface area contributed by atoms with E-state index in [1.165, 1.54) is 30.7 Å². The summed E-state index contributed by atoms with van der Waals surface area (Å²) < 4.78 is 14.5. The first-order valence-corrected chi connectivity index (χ1v) is 13.1. The molecule has 200 valence electrons. The summed E-state index contributed by atoms with van der Waals surface area (Å²) in [6.07, 6.45) is 8.43. The third-order valence-corrected chi connectivity index (χ3v) is 7.41. The number of fused-ring (bicyclic) bond motifs is 1. The van der Waals surface area contributed by atoms with Gasteiger partial charge < -0.3 is 10.4 Å². The number of nitrogens with zero attached hydrogens (tertiary/aromatic N) is 3. The molecule has 1 amide bonds. The fourth-order valence-corrected chi connectivity index (χ4v) is 5.16. The normalized spacial score (nSPS) is 15.3. The van der Waals surface area contributed by atoms with Crippen LogP contribution in [0.1, 0.15) is 60.2 Å². The van der Waals surface area contributed by atoms with Crippen LogP contribution in [0.3, 0.4) is 0 Å². The van der Waals surface area contributed by atoms with Gasteiger partial charge in [-0.3, -0.25) is 23.9 Å². The van der Waals surface area contributed by atoms with E-state index in [2.05, 4.69) is 15.3 Å². The standard InChI is InChI=1S/C28H23FN4O4.C2H6/c29-19-5-3-16(4-6-19)18-10-21-24(35)23(26(36)32-20-11-28(12-20)7-8-28)27(37)33(25(21)31-14-18)15-22(34)17-2-1-9-30-13-17;1-2/h1-6,9-10,13-14,20,35H,7-8,11-12,15H2,(H,32,36);1-2H3. The lowest BCUT2D eigenvalue weighted by atomic mass is 9.77. The van der Waals surface area contributed by atoms with Crippen LogP contribution in [0.5, 0.6) is 5.75 Å². The number of carbonyl (C=O) groups is 2. The van der Waals surface area contributed by atoms with E-state index in [0.717, 1.165) is 30.3 Å². The van der Waals surface area contributed by atoms with Crippen molar-refractivity contribution in [3.63, 3.8) is 0 Å². The van der Waals surface area contributed by atoms with Gasteiger partial charge in [0.25, 0.3) is 11.5 Å². The molecule has 8 nitrogen and oxygen atoms in total. The van der Waals surface area contributed by atoms with E-state index in [9.17, 15) is 23.9 Å². The van der Waals surface area contributed by atoms with Crippen LogP contribution >= 0.6 is 0 Å². The van der Waals surface area contributed by atoms with Gasteiger partial charge in [-0.1, -0.05) is 26.0 Å². The molecule has 2 aliphatic carbocycles. The van der Waals surface area contributed by atoms with E-state index in [1.807, 2.05) is 13.8 Å². The fraction of sp³-hybridized carbons (Fsp3) is 0.300. The van der Waals surface area contributed by atoms with E-state index >= 15 is 0 Å². The first kappa shape index (κ1) is 26.2. The molecule has 2 aliphatic rings. The monoisotopic (exact) mass is 528 g/mol. The van der Waals surface area contributed by atoms with Crippen molar-refractivity contribution in [3.05, 3.63) is 88.4 Å². The van der Waals surface area contributed by atoms with Crippen LogP contribution in [-0.2, 0) is 6.54 Å². The Bertz CT molecular complexity index is 1600. The number of amides is 1. The number of rotatable bonds is 6. The Balaban J connectivity index is 0.00000151. The van der Waals surface area contributed by atoms with Crippen molar-refractivity contribution >= 4 is 22.7 Å². The molecular formula is C30H29FN4O4. The topological polar surface area (TPSA) is 114 Å². The molecule has 0 atom stereocenters. The van der Waals surface area contributed by atoms with Crippen LogP contribution in [0.4, 0.5) is 4.39 Å². The number of hydrogen-bond donors (Lipinski definition) is 2. The Morgan fingerprint density at radius 3 is 2.46 bits per heavy atom. The van der Waals surface area contributed by atoms with Crippen molar-refractivity contribution < 1.29 is 19.1 Å². The van der Waals surface area contributed by atoms with Gasteiger partial charge in [-0.15, -0.1) is 0 Å².